The second-order valence-corrected chi connectivity index (χ2v) is 7.22. The number of anilines is 1. The zero-order chi connectivity index (χ0) is 19.6. The number of hydrogen-bond acceptors (Lipinski definition) is 6. The number of piperidine rings is 1. The molecule has 7 heteroatoms. The van der Waals surface area contributed by atoms with E-state index in [9.17, 15) is 5.11 Å². The number of methoxy groups -OCH3 is 1. The Hall–Kier alpha value is -2.25. The van der Waals surface area contributed by atoms with E-state index < -0.39 is 0 Å². The molecular formula is C21H32N4O3. The maximum Gasteiger partial charge on any atom is 0.231 e. The smallest absolute Gasteiger partial charge is 0.231 e. The van der Waals surface area contributed by atoms with Crippen molar-refractivity contribution in [3.63, 3.8) is 0 Å². The van der Waals surface area contributed by atoms with Crippen molar-refractivity contribution in [2.45, 2.75) is 38.8 Å². The number of nitrogens with zero attached hydrogens (tertiary/aromatic N) is 3. The summed E-state index contributed by atoms with van der Waals surface area (Å²) in [6, 6.07) is 8.41. The van der Waals surface area contributed by atoms with E-state index >= 15 is 0 Å². The summed E-state index contributed by atoms with van der Waals surface area (Å²) in [5.41, 5.74) is 1.31. The molecule has 2 heterocycles. The maximum atomic E-state index is 9.59. The van der Waals surface area contributed by atoms with Crippen LogP contribution in [0.5, 0.6) is 11.6 Å². The molecule has 1 aliphatic heterocycles. The zero-order valence-corrected chi connectivity index (χ0v) is 16.8. The summed E-state index contributed by atoms with van der Waals surface area (Å²) in [5.74, 6) is 1.59. The van der Waals surface area contributed by atoms with Crippen LogP contribution in [0.4, 0.5) is 5.95 Å². The van der Waals surface area contributed by atoms with Gasteiger partial charge in [-0.2, -0.15) is 4.98 Å². The molecular weight excluding hydrogens is 356 g/mol. The number of hydrogen-bond donors (Lipinski definition) is 2. The number of rotatable bonds is 11. The van der Waals surface area contributed by atoms with E-state index in [2.05, 4.69) is 33.4 Å². The molecule has 1 fully saturated rings. The van der Waals surface area contributed by atoms with Crippen molar-refractivity contribution in [3.8, 4) is 11.6 Å². The summed E-state index contributed by atoms with van der Waals surface area (Å²) < 4.78 is 12.8. The Morgan fingerprint density at radius 3 is 2.86 bits per heavy atom. The van der Waals surface area contributed by atoms with Gasteiger partial charge in [0.05, 0.1) is 19.4 Å². The highest BCUT2D eigenvalue weighted by Gasteiger charge is 2.11. The van der Waals surface area contributed by atoms with E-state index in [1.807, 2.05) is 10.6 Å². The third kappa shape index (κ3) is 6.42. The van der Waals surface area contributed by atoms with Gasteiger partial charge in [-0.05, 0) is 50.0 Å². The largest absolute Gasteiger partial charge is 0.494 e. The molecule has 0 amide bonds. The molecule has 0 aliphatic carbocycles. The number of likely N-dealkylation sites (tertiary alicyclic amines) is 1. The minimum atomic E-state index is 0.0142. The lowest BCUT2D eigenvalue weighted by Crippen LogP contribution is -2.29. The van der Waals surface area contributed by atoms with E-state index in [1.165, 1.54) is 37.9 Å². The molecule has 1 aromatic carbocycles. The van der Waals surface area contributed by atoms with Gasteiger partial charge >= 0.3 is 0 Å². The van der Waals surface area contributed by atoms with E-state index in [0.717, 1.165) is 25.3 Å². The van der Waals surface area contributed by atoms with Crippen molar-refractivity contribution in [1.82, 2.24) is 14.5 Å². The number of aromatic hydroxyl groups is 1. The SMILES string of the molecule is COCCn1cc(O)nc1NCCCOc1cccc(CN2CCCCC2)c1. The average molecular weight is 389 g/mol. The average Bonchev–Trinajstić information content (AvgIpc) is 3.06. The van der Waals surface area contributed by atoms with E-state index in [-0.39, 0.29) is 5.88 Å². The van der Waals surface area contributed by atoms with Crippen LogP contribution in [0.15, 0.2) is 30.5 Å². The normalized spacial score (nSPS) is 14.9. The van der Waals surface area contributed by atoms with Crippen LogP contribution in [0.1, 0.15) is 31.2 Å². The van der Waals surface area contributed by atoms with Crippen molar-refractivity contribution in [3.05, 3.63) is 36.0 Å². The number of imidazole rings is 1. The van der Waals surface area contributed by atoms with Crippen molar-refractivity contribution in [1.29, 1.82) is 0 Å². The van der Waals surface area contributed by atoms with Gasteiger partial charge in [0.15, 0.2) is 0 Å². The Kier molecular flexibility index (Phi) is 7.99. The Balaban J connectivity index is 1.39. The lowest BCUT2D eigenvalue weighted by Gasteiger charge is -2.26. The van der Waals surface area contributed by atoms with Gasteiger partial charge in [-0.25, -0.2) is 0 Å². The van der Waals surface area contributed by atoms with Crippen LogP contribution in [0.2, 0.25) is 0 Å². The molecule has 28 heavy (non-hydrogen) atoms. The first-order valence-electron chi connectivity index (χ1n) is 10.2. The first-order valence-corrected chi connectivity index (χ1v) is 10.2. The standard InChI is InChI=1S/C21H32N4O3/c1-27-14-12-25-17-20(26)23-21(25)22-9-6-13-28-19-8-5-7-18(15-19)16-24-10-3-2-4-11-24/h5,7-8,15,17,26H,2-4,6,9-14,16H2,1H3,(H,22,23). The molecule has 1 aliphatic rings. The Morgan fingerprint density at radius 1 is 1.18 bits per heavy atom. The molecule has 0 bridgehead atoms. The Morgan fingerprint density at radius 2 is 2.04 bits per heavy atom. The summed E-state index contributed by atoms with van der Waals surface area (Å²) in [4.78, 5) is 6.61. The van der Waals surface area contributed by atoms with E-state index in [4.69, 9.17) is 9.47 Å². The molecule has 1 saturated heterocycles. The van der Waals surface area contributed by atoms with Crippen LogP contribution in [0, 0.1) is 0 Å². The van der Waals surface area contributed by atoms with Gasteiger partial charge in [-0.3, -0.25) is 4.90 Å². The Labute approximate surface area is 167 Å². The molecule has 154 valence electrons. The molecule has 2 aromatic rings. The van der Waals surface area contributed by atoms with Crippen LogP contribution in [-0.4, -0.2) is 59.5 Å². The molecule has 1 aromatic heterocycles. The summed E-state index contributed by atoms with van der Waals surface area (Å²) in [7, 11) is 1.66. The second kappa shape index (κ2) is 10.9. The third-order valence-corrected chi connectivity index (χ3v) is 4.93. The highest BCUT2D eigenvalue weighted by molar-refractivity contribution is 5.31. The molecule has 0 spiro atoms. The lowest BCUT2D eigenvalue weighted by atomic mass is 10.1. The number of benzene rings is 1. The quantitative estimate of drug-likeness (QED) is 0.577. The molecule has 0 atom stereocenters. The van der Waals surface area contributed by atoms with Gasteiger partial charge in [0, 0.05) is 26.7 Å². The molecule has 0 saturated carbocycles. The predicted molar refractivity (Wildman–Crippen MR) is 110 cm³/mol. The maximum absolute atomic E-state index is 9.59. The van der Waals surface area contributed by atoms with Gasteiger partial charge in [0.2, 0.25) is 11.8 Å². The summed E-state index contributed by atoms with van der Waals surface area (Å²) >= 11 is 0. The van der Waals surface area contributed by atoms with Crippen LogP contribution in [0.25, 0.3) is 0 Å². The van der Waals surface area contributed by atoms with Crippen LogP contribution < -0.4 is 10.1 Å². The fourth-order valence-corrected chi connectivity index (χ4v) is 3.48. The van der Waals surface area contributed by atoms with Crippen molar-refractivity contribution in [2.75, 3.05) is 45.3 Å². The van der Waals surface area contributed by atoms with Gasteiger partial charge < -0.3 is 24.5 Å². The highest BCUT2D eigenvalue weighted by atomic mass is 16.5. The molecule has 3 rings (SSSR count). The number of nitrogens with one attached hydrogen (secondary N) is 1. The summed E-state index contributed by atoms with van der Waals surface area (Å²) in [6.45, 7) is 5.97. The topological polar surface area (TPSA) is 71.8 Å². The third-order valence-electron chi connectivity index (χ3n) is 4.93. The van der Waals surface area contributed by atoms with E-state index in [0.29, 0.717) is 25.7 Å². The van der Waals surface area contributed by atoms with Gasteiger partial charge in [0.25, 0.3) is 0 Å². The van der Waals surface area contributed by atoms with E-state index in [1.54, 1.807) is 13.3 Å². The molecule has 0 unspecified atom stereocenters. The zero-order valence-electron chi connectivity index (χ0n) is 16.8. The monoisotopic (exact) mass is 388 g/mol. The van der Waals surface area contributed by atoms with Crippen molar-refractivity contribution < 1.29 is 14.6 Å². The Bertz CT molecular complexity index is 713. The number of ether oxygens (including phenoxy) is 2. The molecule has 0 radical (unpaired) electrons. The number of aromatic nitrogens is 2. The molecule has 2 N–H and O–H groups in total. The van der Waals surface area contributed by atoms with Crippen LogP contribution in [0.3, 0.4) is 0 Å². The van der Waals surface area contributed by atoms with Crippen molar-refractivity contribution in [2.24, 2.45) is 0 Å². The summed E-state index contributed by atoms with van der Waals surface area (Å²) in [5, 5.41) is 12.8. The molecule has 7 nitrogen and oxygen atoms in total. The van der Waals surface area contributed by atoms with Gasteiger partial charge in [-0.15, -0.1) is 0 Å². The van der Waals surface area contributed by atoms with Crippen molar-refractivity contribution >= 4 is 5.95 Å². The lowest BCUT2D eigenvalue weighted by molar-refractivity contribution is 0.187. The van der Waals surface area contributed by atoms with Crippen LogP contribution >= 0.6 is 0 Å². The van der Waals surface area contributed by atoms with Crippen LogP contribution in [-0.2, 0) is 17.8 Å². The summed E-state index contributed by atoms with van der Waals surface area (Å²) in [6.07, 6.45) is 6.43. The fraction of sp³-hybridized carbons (Fsp3) is 0.571. The minimum absolute atomic E-state index is 0.0142. The predicted octanol–water partition coefficient (Wildman–Crippen LogP) is 3.10. The first-order chi connectivity index (χ1) is 13.7. The minimum Gasteiger partial charge on any atom is -0.494 e. The fourth-order valence-electron chi connectivity index (χ4n) is 3.48. The second-order valence-electron chi connectivity index (χ2n) is 7.22. The van der Waals surface area contributed by atoms with Gasteiger partial charge in [0.1, 0.15) is 5.75 Å². The highest BCUT2D eigenvalue weighted by Crippen LogP contribution is 2.18. The van der Waals surface area contributed by atoms with Gasteiger partial charge in [-0.1, -0.05) is 18.6 Å². The first kappa shape index (κ1) is 20.5.